The van der Waals surface area contributed by atoms with Gasteiger partial charge in [0.15, 0.2) is 0 Å². The number of hydrogen-bond acceptors (Lipinski definition) is 5. The molecule has 1 saturated heterocycles. The monoisotopic (exact) mass is 437 g/mol. The molecule has 32 heavy (non-hydrogen) atoms. The number of likely N-dealkylation sites (tertiary alicyclic amines) is 1. The predicted molar refractivity (Wildman–Crippen MR) is 117 cm³/mol. The van der Waals surface area contributed by atoms with Gasteiger partial charge in [0, 0.05) is 18.0 Å². The number of carbonyl (C=O) groups is 3. The third-order valence-corrected chi connectivity index (χ3v) is 7.03. The number of aromatic nitrogens is 2. The number of amides is 3. The minimum atomic E-state index is -0.901. The fourth-order valence-electron chi connectivity index (χ4n) is 5.38. The number of fused-ring (bicyclic) bond motifs is 1. The first-order valence-electron chi connectivity index (χ1n) is 11.1. The van der Waals surface area contributed by atoms with Crippen molar-refractivity contribution < 1.29 is 19.1 Å². The number of anilines is 1. The lowest BCUT2D eigenvalue weighted by Crippen LogP contribution is -2.61. The number of benzene rings is 1. The van der Waals surface area contributed by atoms with Crippen molar-refractivity contribution in [2.45, 2.75) is 50.1 Å². The molecule has 1 saturated carbocycles. The molecule has 9 heteroatoms. The van der Waals surface area contributed by atoms with Gasteiger partial charge in [0.05, 0.1) is 31.1 Å². The van der Waals surface area contributed by atoms with Gasteiger partial charge in [-0.15, -0.1) is 0 Å². The topological polar surface area (TPSA) is 108 Å². The second-order valence-corrected chi connectivity index (χ2v) is 8.76. The molecule has 2 aliphatic heterocycles. The molecule has 5 rings (SSSR count). The Morgan fingerprint density at radius 3 is 2.81 bits per heavy atom. The highest BCUT2D eigenvalue weighted by atomic mass is 16.5. The molecule has 2 aromatic rings. The SMILES string of the molecule is COC1=CC(=O)N(C2(C(=O)N3CCC[C@@H]3C(=O)Nc3cccc4[nH]ncc34)CCCC2)C1. The van der Waals surface area contributed by atoms with E-state index in [0.29, 0.717) is 43.8 Å². The molecule has 0 radical (unpaired) electrons. The summed E-state index contributed by atoms with van der Waals surface area (Å²) in [5.74, 6) is 0.0522. The van der Waals surface area contributed by atoms with Gasteiger partial charge >= 0.3 is 0 Å². The maximum atomic E-state index is 13.9. The summed E-state index contributed by atoms with van der Waals surface area (Å²) >= 11 is 0. The smallest absolute Gasteiger partial charge is 0.251 e. The van der Waals surface area contributed by atoms with Crippen molar-refractivity contribution in [1.82, 2.24) is 20.0 Å². The molecule has 9 nitrogen and oxygen atoms in total. The summed E-state index contributed by atoms with van der Waals surface area (Å²) in [5, 5.41) is 10.8. The van der Waals surface area contributed by atoms with Gasteiger partial charge in [0.2, 0.25) is 11.8 Å². The predicted octanol–water partition coefficient (Wildman–Crippen LogP) is 2.18. The van der Waals surface area contributed by atoms with Crippen LogP contribution in [0.1, 0.15) is 38.5 Å². The Hall–Kier alpha value is -3.36. The normalized spacial score (nSPS) is 22.5. The number of H-pyrrole nitrogens is 1. The molecule has 1 atom stereocenters. The molecule has 3 aliphatic rings. The molecule has 0 spiro atoms. The van der Waals surface area contributed by atoms with Crippen molar-refractivity contribution in [2.24, 2.45) is 0 Å². The zero-order valence-corrected chi connectivity index (χ0v) is 18.1. The quantitative estimate of drug-likeness (QED) is 0.746. The van der Waals surface area contributed by atoms with Gasteiger partial charge in [-0.2, -0.15) is 5.10 Å². The lowest BCUT2D eigenvalue weighted by molar-refractivity contribution is -0.152. The summed E-state index contributed by atoms with van der Waals surface area (Å²) in [7, 11) is 1.53. The van der Waals surface area contributed by atoms with E-state index in [0.717, 1.165) is 30.2 Å². The Bertz CT molecular complexity index is 1100. The van der Waals surface area contributed by atoms with E-state index in [1.807, 2.05) is 18.2 Å². The Balaban J connectivity index is 1.38. The molecule has 1 aromatic carbocycles. The van der Waals surface area contributed by atoms with Crippen LogP contribution in [-0.4, -0.2) is 69.5 Å². The molecule has 0 bridgehead atoms. The number of ether oxygens (including phenoxy) is 1. The highest BCUT2D eigenvalue weighted by Gasteiger charge is 2.53. The first-order chi connectivity index (χ1) is 15.5. The first-order valence-corrected chi connectivity index (χ1v) is 11.1. The van der Waals surface area contributed by atoms with Crippen LogP contribution in [0.5, 0.6) is 0 Å². The molecule has 0 unspecified atom stereocenters. The second kappa shape index (κ2) is 7.96. The molecule has 2 N–H and O–H groups in total. The number of nitrogens with one attached hydrogen (secondary N) is 2. The standard InChI is InChI=1S/C23H27N5O4/c1-32-15-12-20(29)28(14-15)23(9-2-3-10-23)22(31)27-11-5-8-19(27)21(30)25-17-6-4-7-18-16(17)13-24-26-18/h4,6-7,12-13,19H,2-3,5,8-11,14H2,1H3,(H,24,26)(H,25,30)/t19-/m1/s1. The zero-order chi connectivity index (χ0) is 22.3. The van der Waals surface area contributed by atoms with Gasteiger partial charge in [-0.1, -0.05) is 18.9 Å². The fraction of sp³-hybridized carbons (Fsp3) is 0.478. The number of hydrogen-bond donors (Lipinski definition) is 2. The Labute approximate surface area is 185 Å². The molecular formula is C23H27N5O4. The van der Waals surface area contributed by atoms with E-state index in [2.05, 4.69) is 15.5 Å². The minimum absolute atomic E-state index is 0.117. The van der Waals surface area contributed by atoms with E-state index in [1.165, 1.54) is 13.2 Å². The molecule has 2 fully saturated rings. The molecular weight excluding hydrogens is 410 g/mol. The Morgan fingerprint density at radius 1 is 1.25 bits per heavy atom. The van der Waals surface area contributed by atoms with E-state index < -0.39 is 11.6 Å². The Morgan fingerprint density at radius 2 is 2.06 bits per heavy atom. The minimum Gasteiger partial charge on any atom is -0.499 e. The third kappa shape index (κ3) is 3.23. The number of aromatic amines is 1. The highest BCUT2D eigenvalue weighted by Crippen LogP contribution is 2.41. The average molecular weight is 438 g/mol. The number of rotatable bonds is 5. The van der Waals surface area contributed by atoms with Crippen LogP contribution >= 0.6 is 0 Å². The van der Waals surface area contributed by atoms with Crippen molar-refractivity contribution in [3.8, 4) is 0 Å². The van der Waals surface area contributed by atoms with Crippen molar-refractivity contribution in [3.63, 3.8) is 0 Å². The Kier molecular flexibility index (Phi) is 5.11. The van der Waals surface area contributed by atoms with Gasteiger partial charge in [-0.3, -0.25) is 19.5 Å². The van der Waals surface area contributed by atoms with Crippen LogP contribution in [0.2, 0.25) is 0 Å². The summed E-state index contributed by atoms with van der Waals surface area (Å²) in [6.07, 6.45) is 7.48. The van der Waals surface area contributed by atoms with Crippen LogP contribution in [0.25, 0.3) is 10.9 Å². The van der Waals surface area contributed by atoms with Gasteiger partial charge < -0.3 is 19.9 Å². The number of nitrogens with zero attached hydrogens (tertiary/aromatic N) is 3. The molecule has 3 heterocycles. The van der Waals surface area contributed by atoms with E-state index in [-0.39, 0.29) is 17.7 Å². The van der Waals surface area contributed by atoms with E-state index in [4.69, 9.17) is 4.74 Å². The van der Waals surface area contributed by atoms with Crippen molar-refractivity contribution in [2.75, 3.05) is 25.5 Å². The van der Waals surface area contributed by atoms with Gasteiger partial charge in [-0.05, 0) is 37.8 Å². The summed E-state index contributed by atoms with van der Waals surface area (Å²) in [6.45, 7) is 0.815. The largest absolute Gasteiger partial charge is 0.499 e. The van der Waals surface area contributed by atoms with Crippen LogP contribution in [0.3, 0.4) is 0 Å². The maximum Gasteiger partial charge on any atom is 0.251 e. The lowest BCUT2D eigenvalue weighted by atomic mass is 9.92. The third-order valence-electron chi connectivity index (χ3n) is 7.03. The van der Waals surface area contributed by atoms with Crippen LogP contribution < -0.4 is 5.32 Å². The van der Waals surface area contributed by atoms with E-state index in [9.17, 15) is 14.4 Å². The molecule has 3 amide bonds. The van der Waals surface area contributed by atoms with Gasteiger partial charge in [-0.25, -0.2) is 0 Å². The van der Waals surface area contributed by atoms with Crippen molar-refractivity contribution >= 4 is 34.3 Å². The second-order valence-electron chi connectivity index (χ2n) is 8.76. The molecule has 1 aromatic heterocycles. The van der Waals surface area contributed by atoms with Crippen LogP contribution in [-0.2, 0) is 19.1 Å². The summed E-state index contributed by atoms with van der Waals surface area (Å²) in [6, 6.07) is 5.01. The number of carbonyl (C=O) groups excluding carboxylic acids is 3. The molecule has 168 valence electrons. The highest BCUT2D eigenvalue weighted by molar-refractivity contribution is 6.05. The maximum absolute atomic E-state index is 13.9. The first kappa shape index (κ1) is 20.5. The van der Waals surface area contributed by atoms with Crippen molar-refractivity contribution in [1.29, 1.82) is 0 Å². The van der Waals surface area contributed by atoms with E-state index in [1.54, 1.807) is 16.0 Å². The number of methoxy groups -OCH3 is 1. The zero-order valence-electron chi connectivity index (χ0n) is 18.1. The van der Waals surface area contributed by atoms with Gasteiger partial charge in [0.1, 0.15) is 17.3 Å². The average Bonchev–Trinajstić information content (AvgIpc) is 3.59. The van der Waals surface area contributed by atoms with E-state index >= 15 is 0 Å². The van der Waals surface area contributed by atoms with Gasteiger partial charge in [0.25, 0.3) is 5.91 Å². The summed E-state index contributed by atoms with van der Waals surface area (Å²) < 4.78 is 5.28. The van der Waals surface area contributed by atoms with Crippen LogP contribution in [0, 0.1) is 0 Å². The summed E-state index contributed by atoms with van der Waals surface area (Å²) in [4.78, 5) is 43.2. The van der Waals surface area contributed by atoms with Crippen LogP contribution in [0.4, 0.5) is 5.69 Å². The van der Waals surface area contributed by atoms with Crippen LogP contribution in [0.15, 0.2) is 36.2 Å². The fourth-order valence-corrected chi connectivity index (χ4v) is 5.38. The lowest BCUT2D eigenvalue weighted by Gasteiger charge is -2.41. The summed E-state index contributed by atoms with van der Waals surface area (Å²) in [5.41, 5.74) is 0.599. The van der Waals surface area contributed by atoms with Crippen molar-refractivity contribution in [3.05, 3.63) is 36.2 Å². The molecule has 1 aliphatic carbocycles.